The fraction of sp³-hybridized carbons (Fsp3) is 0.158. The lowest BCUT2D eigenvalue weighted by atomic mass is 9.84. The predicted octanol–water partition coefficient (Wildman–Crippen LogP) is 0.404. The van der Waals surface area contributed by atoms with Gasteiger partial charge in [0.15, 0.2) is 0 Å². The Bertz CT molecular complexity index is 894. The molecular weight excluding hydrogens is 372 g/mol. The highest BCUT2D eigenvalue weighted by Gasteiger charge is 2.68. The number of methoxy groups -OCH3 is 1. The number of aliphatic hydroxyl groups is 2. The van der Waals surface area contributed by atoms with E-state index < -0.39 is 35.1 Å². The van der Waals surface area contributed by atoms with Crippen LogP contribution in [0.2, 0.25) is 0 Å². The van der Waals surface area contributed by atoms with Gasteiger partial charge in [-0.3, -0.25) is 4.79 Å². The summed E-state index contributed by atoms with van der Waals surface area (Å²) < 4.78 is 8.88. The molecule has 0 radical (unpaired) electrons. The quantitative estimate of drug-likeness (QED) is 0.265. The molecule has 0 saturated carbocycles. The summed E-state index contributed by atoms with van der Waals surface area (Å²) in [6.07, 6.45) is 0. The first kappa shape index (κ1) is 20.9. The molecule has 2 aromatic rings. The second-order valence-electron chi connectivity index (χ2n) is 5.60. The summed E-state index contributed by atoms with van der Waals surface area (Å²) in [6, 6.07) is 13.7. The Balaban J connectivity index is 2.52. The van der Waals surface area contributed by atoms with Gasteiger partial charge in [0.1, 0.15) is 0 Å². The van der Waals surface area contributed by atoms with Crippen LogP contribution in [0.1, 0.15) is 20.7 Å². The van der Waals surface area contributed by atoms with E-state index in [2.05, 4.69) is 9.47 Å². The molecule has 0 aliphatic rings. The third-order valence-electron chi connectivity index (χ3n) is 3.93. The molecule has 28 heavy (non-hydrogen) atoms. The van der Waals surface area contributed by atoms with Crippen molar-refractivity contribution >= 4 is 23.7 Å². The molecule has 2 aromatic carbocycles. The molecule has 0 aliphatic heterocycles. The van der Waals surface area contributed by atoms with E-state index in [1.807, 2.05) is 0 Å². The van der Waals surface area contributed by atoms with Crippen LogP contribution in [0.5, 0.6) is 0 Å². The molecule has 2 atom stereocenters. The number of ether oxygens (including phenoxy) is 2. The smallest absolute Gasteiger partial charge is 0.368 e. The van der Waals surface area contributed by atoms with Crippen molar-refractivity contribution in [3.05, 3.63) is 71.8 Å². The summed E-state index contributed by atoms with van der Waals surface area (Å²) in [5.74, 6) is -10.8. The van der Waals surface area contributed by atoms with Crippen LogP contribution < -0.4 is 0 Å². The molecule has 3 N–H and O–H groups in total. The fourth-order valence-corrected chi connectivity index (χ4v) is 2.36. The number of carbonyl (C=O) groups is 4. The van der Waals surface area contributed by atoms with Gasteiger partial charge in [0.2, 0.25) is 5.78 Å². The zero-order valence-corrected chi connectivity index (χ0v) is 14.6. The van der Waals surface area contributed by atoms with Crippen LogP contribution in [0, 0.1) is 0 Å². The average molecular weight is 388 g/mol. The highest BCUT2D eigenvalue weighted by atomic mass is 16.7. The van der Waals surface area contributed by atoms with Crippen LogP contribution in [0.4, 0.5) is 0 Å². The first-order chi connectivity index (χ1) is 13.2. The van der Waals surface area contributed by atoms with Gasteiger partial charge in [0.25, 0.3) is 5.60 Å². The van der Waals surface area contributed by atoms with Gasteiger partial charge < -0.3 is 24.8 Å². The van der Waals surface area contributed by atoms with E-state index in [1.165, 1.54) is 42.5 Å². The first-order valence-corrected chi connectivity index (χ1v) is 7.83. The molecule has 0 bridgehead atoms. The van der Waals surface area contributed by atoms with E-state index in [4.69, 9.17) is 0 Å². The Morgan fingerprint density at radius 1 is 0.821 bits per heavy atom. The van der Waals surface area contributed by atoms with Crippen molar-refractivity contribution in [2.45, 2.75) is 11.4 Å². The fourth-order valence-electron chi connectivity index (χ4n) is 2.36. The third-order valence-corrected chi connectivity index (χ3v) is 3.93. The number of rotatable bonds is 7. The zero-order chi connectivity index (χ0) is 20.9. The molecule has 2 rings (SSSR count). The number of ketones is 1. The minimum absolute atomic E-state index is 0.110. The van der Waals surface area contributed by atoms with Crippen molar-refractivity contribution in [1.82, 2.24) is 0 Å². The van der Waals surface area contributed by atoms with Crippen molar-refractivity contribution in [1.29, 1.82) is 0 Å². The van der Waals surface area contributed by atoms with E-state index in [0.717, 1.165) is 12.1 Å². The second kappa shape index (κ2) is 8.09. The molecule has 0 amide bonds. The lowest BCUT2D eigenvalue weighted by molar-refractivity contribution is -0.267. The molecule has 2 unspecified atom stereocenters. The number of hydrogen-bond donors (Lipinski definition) is 3. The molecule has 0 heterocycles. The average Bonchev–Trinajstić information content (AvgIpc) is 2.72. The Hall–Kier alpha value is -3.40. The van der Waals surface area contributed by atoms with Gasteiger partial charge in [-0.05, 0) is 12.1 Å². The molecule has 0 aliphatic carbocycles. The van der Waals surface area contributed by atoms with Gasteiger partial charge in [0, 0.05) is 12.7 Å². The zero-order valence-electron chi connectivity index (χ0n) is 14.6. The van der Waals surface area contributed by atoms with Crippen molar-refractivity contribution in [2.24, 2.45) is 0 Å². The minimum Gasteiger partial charge on any atom is -0.477 e. The summed E-state index contributed by atoms with van der Waals surface area (Å²) in [5, 5.41) is 30.3. The lowest BCUT2D eigenvalue weighted by Gasteiger charge is -2.35. The number of carboxylic acids is 1. The van der Waals surface area contributed by atoms with E-state index in [-0.39, 0.29) is 11.1 Å². The van der Waals surface area contributed by atoms with Crippen LogP contribution in [0.25, 0.3) is 0 Å². The monoisotopic (exact) mass is 388 g/mol. The maximum absolute atomic E-state index is 12.8. The maximum atomic E-state index is 12.8. The predicted molar refractivity (Wildman–Crippen MR) is 92.2 cm³/mol. The summed E-state index contributed by atoms with van der Waals surface area (Å²) in [7, 11) is 0.656. The van der Waals surface area contributed by atoms with E-state index in [1.54, 1.807) is 6.07 Å². The number of benzene rings is 2. The van der Waals surface area contributed by atoms with Crippen LogP contribution in [-0.4, -0.2) is 57.5 Å². The summed E-state index contributed by atoms with van der Waals surface area (Å²) >= 11 is 0. The molecular formula is C19H16O9. The number of carboxylic acid groups (broad SMARTS) is 1. The second-order valence-corrected chi connectivity index (χ2v) is 5.60. The van der Waals surface area contributed by atoms with E-state index >= 15 is 0 Å². The Morgan fingerprint density at radius 2 is 1.29 bits per heavy atom. The van der Waals surface area contributed by atoms with Gasteiger partial charge in [-0.2, -0.15) is 0 Å². The summed E-state index contributed by atoms with van der Waals surface area (Å²) in [4.78, 5) is 49.0. The Kier molecular flexibility index (Phi) is 6.04. The highest BCUT2D eigenvalue weighted by Crippen LogP contribution is 2.30. The molecule has 9 heteroatoms. The van der Waals surface area contributed by atoms with Crippen LogP contribution in [0.3, 0.4) is 0 Å². The number of Topliss-reactive ketones (excluding diaryl/α,β-unsaturated/α-hetero) is 1. The van der Waals surface area contributed by atoms with Gasteiger partial charge in [-0.15, -0.1) is 0 Å². The van der Waals surface area contributed by atoms with Crippen molar-refractivity contribution in [3.63, 3.8) is 0 Å². The van der Waals surface area contributed by atoms with Gasteiger partial charge >= 0.3 is 23.7 Å². The van der Waals surface area contributed by atoms with E-state index in [9.17, 15) is 34.5 Å². The van der Waals surface area contributed by atoms with Gasteiger partial charge in [-0.25, -0.2) is 14.4 Å². The first-order valence-electron chi connectivity index (χ1n) is 7.83. The Morgan fingerprint density at radius 3 is 1.71 bits per heavy atom. The highest BCUT2D eigenvalue weighted by molar-refractivity contribution is 6.20. The number of aliphatic carboxylic acids is 1. The molecule has 0 spiro atoms. The normalized spacial score (nSPS) is 15.0. The topological polar surface area (TPSA) is 147 Å². The largest absolute Gasteiger partial charge is 0.477 e. The number of carbonyl (C=O) groups excluding carboxylic acids is 3. The molecule has 0 fully saturated rings. The molecule has 0 saturated heterocycles. The van der Waals surface area contributed by atoms with Gasteiger partial charge in [-0.1, -0.05) is 48.5 Å². The standard InChI is InChI=1S/C19H16O9/c1-27-19(26,16(22)23)18(25,14(20)12-8-4-2-5-9-12)17(24)28-15(21)13-10-6-3-7-11-13/h2-11,25-26H,1H3,(H,22,23). The molecule has 146 valence electrons. The minimum atomic E-state index is -3.78. The van der Waals surface area contributed by atoms with Crippen molar-refractivity contribution < 1.29 is 44.0 Å². The van der Waals surface area contributed by atoms with Crippen LogP contribution in [-0.2, 0) is 19.1 Å². The summed E-state index contributed by atoms with van der Waals surface area (Å²) in [5.41, 5.74) is -4.22. The molecule has 0 aromatic heterocycles. The Labute approximate surface area is 158 Å². The van der Waals surface area contributed by atoms with Gasteiger partial charge in [0.05, 0.1) is 5.56 Å². The lowest BCUT2D eigenvalue weighted by Crippen LogP contribution is -2.69. The van der Waals surface area contributed by atoms with E-state index in [0.29, 0.717) is 7.11 Å². The maximum Gasteiger partial charge on any atom is 0.368 e. The number of esters is 2. The number of hydrogen-bond acceptors (Lipinski definition) is 8. The van der Waals surface area contributed by atoms with Crippen LogP contribution in [0.15, 0.2) is 60.7 Å². The summed E-state index contributed by atoms with van der Waals surface area (Å²) in [6.45, 7) is 0. The van der Waals surface area contributed by atoms with Crippen molar-refractivity contribution in [2.75, 3.05) is 7.11 Å². The SMILES string of the molecule is COC(O)(C(=O)O)C(O)(C(=O)OC(=O)c1ccccc1)C(=O)c1ccccc1. The van der Waals surface area contributed by atoms with Crippen LogP contribution >= 0.6 is 0 Å². The third kappa shape index (κ3) is 3.54. The van der Waals surface area contributed by atoms with Crippen molar-refractivity contribution in [3.8, 4) is 0 Å². The molecule has 9 nitrogen and oxygen atoms in total.